The number of carboxylic acids is 1. The maximum Gasteiger partial charge on any atom is 0.334 e. The van der Waals surface area contributed by atoms with E-state index in [0.717, 1.165) is 4.88 Å². The Morgan fingerprint density at radius 1 is 1.47 bits per heavy atom. The third-order valence-corrected chi connectivity index (χ3v) is 3.58. The molecule has 1 aromatic heterocycles. The molecule has 3 N–H and O–H groups in total. The van der Waals surface area contributed by atoms with Gasteiger partial charge in [0, 0.05) is 18.5 Å². The van der Waals surface area contributed by atoms with E-state index in [1.54, 1.807) is 6.07 Å². The van der Waals surface area contributed by atoms with Gasteiger partial charge in [0.05, 0.1) is 10.9 Å². The fourth-order valence-electron chi connectivity index (χ4n) is 1.30. The summed E-state index contributed by atoms with van der Waals surface area (Å²) < 4.78 is 5.40. The second kappa shape index (κ2) is 7.98. The molecule has 0 aliphatic carbocycles. The summed E-state index contributed by atoms with van der Waals surface area (Å²) in [5.41, 5.74) is 0. The number of carbonyl (C=O) groups is 2. The van der Waals surface area contributed by atoms with Crippen molar-refractivity contribution in [1.82, 2.24) is 10.6 Å². The van der Waals surface area contributed by atoms with Crippen LogP contribution in [-0.4, -0.2) is 43.4 Å². The van der Waals surface area contributed by atoms with Crippen molar-refractivity contribution in [2.45, 2.75) is 12.5 Å². The largest absolute Gasteiger partial charge is 0.479 e. The molecule has 0 saturated carbocycles. The molecule has 0 aliphatic rings. The molecular weight excluding hydrogens is 292 g/mol. The second-order valence-corrected chi connectivity index (χ2v) is 5.45. The second-order valence-electron chi connectivity index (χ2n) is 3.66. The van der Waals surface area contributed by atoms with Gasteiger partial charge in [-0.2, -0.15) is 0 Å². The van der Waals surface area contributed by atoms with E-state index in [4.69, 9.17) is 16.7 Å². The molecule has 0 spiro atoms. The van der Waals surface area contributed by atoms with Crippen molar-refractivity contribution in [3.05, 3.63) is 21.3 Å². The summed E-state index contributed by atoms with van der Waals surface area (Å²) in [4.78, 5) is 23.1. The molecule has 0 bridgehead atoms. The van der Waals surface area contributed by atoms with E-state index in [0.29, 0.717) is 17.3 Å². The van der Waals surface area contributed by atoms with Crippen LogP contribution in [0.4, 0.5) is 4.79 Å². The molecular formula is C11H15ClN2O4S. The summed E-state index contributed by atoms with van der Waals surface area (Å²) in [7, 11) is 1.28. The van der Waals surface area contributed by atoms with Gasteiger partial charge in [0.25, 0.3) is 0 Å². The van der Waals surface area contributed by atoms with Crippen LogP contribution in [0.25, 0.3) is 0 Å². The molecule has 6 nitrogen and oxygen atoms in total. The van der Waals surface area contributed by atoms with Crippen LogP contribution in [-0.2, 0) is 16.0 Å². The zero-order valence-electron chi connectivity index (χ0n) is 10.3. The third-order valence-electron chi connectivity index (χ3n) is 2.29. The third kappa shape index (κ3) is 5.91. The number of methoxy groups -OCH3 is 1. The lowest BCUT2D eigenvalue weighted by atomic mass is 10.3. The Balaban J connectivity index is 2.19. The number of ether oxygens (including phenoxy) is 1. The molecule has 0 saturated heterocycles. The molecule has 1 atom stereocenters. The zero-order valence-corrected chi connectivity index (χ0v) is 11.9. The van der Waals surface area contributed by atoms with Crippen molar-refractivity contribution in [3.63, 3.8) is 0 Å². The van der Waals surface area contributed by atoms with Gasteiger partial charge in [-0.25, -0.2) is 9.59 Å². The van der Waals surface area contributed by atoms with Crippen LogP contribution in [0.1, 0.15) is 4.88 Å². The summed E-state index contributed by atoms with van der Waals surface area (Å²) >= 11 is 7.24. The topological polar surface area (TPSA) is 87.7 Å². The predicted octanol–water partition coefficient (Wildman–Crippen LogP) is 1.34. The number of carboxylic acid groups (broad SMARTS) is 1. The highest BCUT2D eigenvalue weighted by molar-refractivity contribution is 7.16. The number of hydrogen-bond acceptors (Lipinski definition) is 4. The van der Waals surface area contributed by atoms with Gasteiger partial charge in [0.1, 0.15) is 0 Å². The maximum absolute atomic E-state index is 11.4. The lowest BCUT2D eigenvalue weighted by Crippen LogP contribution is -2.43. The first-order valence-corrected chi connectivity index (χ1v) is 6.74. The van der Waals surface area contributed by atoms with Crippen LogP contribution in [0.5, 0.6) is 0 Å². The summed E-state index contributed by atoms with van der Waals surface area (Å²) in [6.45, 7) is 0.371. The van der Waals surface area contributed by atoms with Crippen molar-refractivity contribution in [1.29, 1.82) is 0 Å². The van der Waals surface area contributed by atoms with Crippen molar-refractivity contribution >= 4 is 34.9 Å². The number of carbonyl (C=O) groups excluding carboxylic acids is 1. The molecule has 0 fully saturated rings. The smallest absolute Gasteiger partial charge is 0.334 e. The van der Waals surface area contributed by atoms with E-state index >= 15 is 0 Å². The molecule has 1 aromatic rings. The highest BCUT2D eigenvalue weighted by atomic mass is 35.5. The molecule has 0 aliphatic heterocycles. The van der Waals surface area contributed by atoms with Crippen molar-refractivity contribution in [2.75, 3.05) is 20.2 Å². The number of halogens is 1. The minimum absolute atomic E-state index is 0.0809. The molecule has 0 aromatic carbocycles. The molecule has 2 amide bonds. The molecule has 1 heterocycles. The number of aliphatic carboxylic acids is 1. The van der Waals surface area contributed by atoms with E-state index in [2.05, 4.69) is 15.4 Å². The van der Waals surface area contributed by atoms with Gasteiger partial charge in [-0.1, -0.05) is 11.6 Å². The van der Waals surface area contributed by atoms with Gasteiger partial charge in [0.15, 0.2) is 6.10 Å². The van der Waals surface area contributed by atoms with Gasteiger partial charge in [-0.3, -0.25) is 0 Å². The molecule has 1 unspecified atom stereocenters. The van der Waals surface area contributed by atoms with Crippen LogP contribution < -0.4 is 10.6 Å². The van der Waals surface area contributed by atoms with Gasteiger partial charge in [0.2, 0.25) is 0 Å². The zero-order chi connectivity index (χ0) is 14.3. The van der Waals surface area contributed by atoms with E-state index in [-0.39, 0.29) is 6.54 Å². The van der Waals surface area contributed by atoms with E-state index < -0.39 is 18.1 Å². The Morgan fingerprint density at radius 3 is 2.74 bits per heavy atom. The quantitative estimate of drug-likeness (QED) is 0.709. The lowest BCUT2D eigenvalue weighted by Gasteiger charge is -2.12. The van der Waals surface area contributed by atoms with Crippen molar-refractivity contribution in [2.24, 2.45) is 0 Å². The molecule has 19 heavy (non-hydrogen) atoms. The Morgan fingerprint density at radius 2 is 2.21 bits per heavy atom. The maximum atomic E-state index is 11.4. The summed E-state index contributed by atoms with van der Waals surface area (Å²) in [5, 5.41) is 13.8. The number of thiophene rings is 1. The molecule has 106 valence electrons. The van der Waals surface area contributed by atoms with Gasteiger partial charge in [-0.15, -0.1) is 11.3 Å². The summed E-state index contributed by atoms with van der Waals surface area (Å²) in [6, 6.07) is 3.28. The van der Waals surface area contributed by atoms with E-state index in [1.165, 1.54) is 18.4 Å². The monoisotopic (exact) mass is 306 g/mol. The summed E-state index contributed by atoms with van der Waals surface area (Å²) in [6.07, 6.45) is -0.362. The first kappa shape index (κ1) is 15.7. The average molecular weight is 307 g/mol. The number of rotatable bonds is 7. The first-order valence-electron chi connectivity index (χ1n) is 5.54. The van der Waals surface area contributed by atoms with Gasteiger partial charge in [-0.05, 0) is 18.6 Å². The average Bonchev–Trinajstić information content (AvgIpc) is 2.75. The van der Waals surface area contributed by atoms with Crippen LogP contribution in [0, 0.1) is 0 Å². The fourth-order valence-corrected chi connectivity index (χ4v) is 2.39. The lowest BCUT2D eigenvalue weighted by molar-refractivity contribution is -0.147. The van der Waals surface area contributed by atoms with Gasteiger partial charge >= 0.3 is 12.0 Å². The molecule has 8 heteroatoms. The predicted molar refractivity (Wildman–Crippen MR) is 72.9 cm³/mol. The Hall–Kier alpha value is -1.31. The van der Waals surface area contributed by atoms with Crippen LogP contribution in [0.15, 0.2) is 12.1 Å². The Kier molecular flexibility index (Phi) is 6.61. The Labute approximate surface area is 119 Å². The summed E-state index contributed by atoms with van der Waals surface area (Å²) in [5.74, 6) is -1.11. The minimum Gasteiger partial charge on any atom is -0.479 e. The number of urea groups is 1. The number of hydrogen-bond donors (Lipinski definition) is 3. The highest BCUT2D eigenvalue weighted by Gasteiger charge is 2.16. The fraction of sp³-hybridized carbons (Fsp3) is 0.455. The highest BCUT2D eigenvalue weighted by Crippen LogP contribution is 2.21. The SMILES string of the molecule is COC(CNC(=O)NCCc1ccc(Cl)s1)C(=O)O. The number of nitrogens with one attached hydrogen (secondary N) is 2. The van der Waals surface area contributed by atoms with Crippen LogP contribution in [0.3, 0.4) is 0 Å². The Bertz CT molecular complexity index is 438. The first-order chi connectivity index (χ1) is 9.02. The van der Waals surface area contributed by atoms with Crippen LogP contribution in [0.2, 0.25) is 4.34 Å². The van der Waals surface area contributed by atoms with Crippen molar-refractivity contribution in [3.8, 4) is 0 Å². The standard InChI is InChI=1S/C11H15ClN2O4S/c1-18-8(10(15)16)6-14-11(17)13-5-4-7-2-3-9(12)19-7/h2-3,8H,4-6H2,1H3,(H,15,16)(H2,13,14,17). The van der Waals surface area contributed by atoms with E-state index in [9.17, 15) is 9.59 Å². The molecule has 1 rings (SSSR count). The normalized spacial score (nSPS) is 11.9. The minimum atomic E-state index is -1.11. The van der Waals surface area contributed by atoms with E-state index in [1.807, 2.05) is 6.07 Å². The van der Waals surface area contributed by atoms with Gasteiger partial charge < -0.3 is 20.5 Å². The van der Waals surface area contributed by atoms with Crippen LogP contribution >= 0.6 is 22.9 Å². The molecule has 0 radical (unpaired) electrons. The number of amides is 2. The van der Waals surface area contributed by atoms with Crippen molar-refractivity contribution < 1.29 is 19.4 Å².